The lowest BCUT2D eigenvalue weighted by Gasteiger charge is -2.05. The van der Waals surface area contributed by atoms with E-state index in [1.165, 1.54) is 0 Å². The van der Waals surface area contributed by atoms with Crippen LogP contribution in [0.2, 0.25) is 0 Å². The van der Waals surface area contributed by atoms with Gasteiger partial charge in [-0.15, -0.1) is 24.0 Å². The Morgan fingerprint density at radius 2 is 2.29 bits per heavy atom. The quantitative estimate of drug-likeness (QED) is 0.608. The Balaban J connectivity index is 2.70. The Labute approximate surface area is 92.1 Å². The molecule has 2 rings (SSSR count). The first-order valence-corrected chi connectivity index (χ1v) is 5.68. The van der Waals surface area contributed by atoms with Crippen LogP contribution in [0.25, 0.3) is 10.1 Å². The van der Waals surface area contributed by atoms with Gasteiger partial charge >= 0.3 is 0 Å². The molecule has 0 aliphatic heterocycles. The Hall–Kier alpha value is -0.870. The zero-order valence-corrected chi connectivity index (χ0v) is 9.49. The molecule has 4 heteroatoms. The number of hydrogen-bond donors (Lipinski definition) is 2. The maximum Gasteiger partial charge on any atom is 0.137 e. The third-order valence-electron chi connectivity index (χ3n) is 2.00. The molecule has 1 aromatic heterocycles. The van der Waals surface area contributed by atoms with Gasteiger partial charge in [0.2, 0.25) is 0 Å². The minimum atomic E-state index is 0.665. The molecule has 0 saturated carbocycles. The van der Waals surface area contributed by atoms with Crippen LogP contribution in [0, 0.1) is 0 Å². The molecule has 0 unspecified atom stereocenters. The number of rotatable bonds is 2. The number of nitrogen functional groups attached to an aromatic ring is 1. The fourth-order valence-corrected chi connectivity index (χ4v) is 2.81. The number of fused-ring (bicyclic) bond motifs is 1. The molecule has 74 valence electrons. The van der Waals surface area contributed by atoms with E-state index in [1.807, 2.05) is 24.4 Å². The molecule has 14 heavy (non-hydrogen) atoms. The number of thiophene rings is 1. The number of hydrogen-bond acceptors (Lipinski definition) is 4. The molecule has 0 bridgehead atoms. The summed E-state index contributed by atoms with van der Waals surface area (Å²) < 4.78 is 6.59. The molecule has 0 spiro atoms. The van der Waals surface area contributed by atoms with Gasteiger partial charge in [0.25, 0.3) is 0 Å². The normalized spacial score (nSPS) is 10.7. The van der Waals surface area contributed by atoms with E-state index in [4.69, 9.17) is 10.5 Å². The summed E-state index contributed by atoms with van der Waals surface area (Å²) in [5.41, 5.74) is 6.63. The minimum Gasteiger partial charge on any atom is -0.492 e. The van der Waals surface area contributed by atoms with Gasteiger partial charge in [-0.05, 0) is 19.1 Å². The molecular weight excluding hydrogens is 214 g/mol. The second-order valence-electron chi connectivity index (χ2n) is 2.91. The van der Waals surface area contributed by atoms with Gasteiger partial charge in [0.15, 0.2) is 0 Å². The summed E-state index contributed by atoms with van der Waals surface area (Å²) in [6.07, 6.45) is 0. The third kappa shape index (κ3) is 1.44. The van der Waals surface area contributed by atoms with Gasteiger partial charge in [-0.1, -0.05) is 0 Å². The first-order valence-electron chi connectivity index (χ1n) is 4.35. The van der Waals surface area contributed by atoms with Gasteiger partial charge in [-0.25, -0.2) is 0 Å². The van der Waals surface area contributed by atoms with Crippen molar-refractivity contribution in [3.05, 3.63) is 17.5 Å². The van der Waals surface area contributed by atoms with E-state index in [0.717, 1.165) is 26.4 Å². The highest BCUT2D eigenvalue weighted by atomic mass is 32.1. The third-order valence-corrected chi connectivity index (χ3v) is 3.52. The number of anilines is 1. The van der Waals surface area contributed by atoms with Crippen LogP contribution in [0.3, 0.4) is 0 Å². The van der Waals surface area contributed by atoms with Crippen LogP contribution >= 0.6 is 24.0 Å². The van der Waals surface area contributed by atoms with Gasteiger partial charge in [-0.2, -0.15) is 0 Å². The highest BCUT2D eigenvalue weighted by Gasteiger charge is 2.09. The van der Waals surface area contributed by atoms with E-state index >= 15 is 0 Å². The van der Waals surface area contributed by atoms with Crippen molar-refractivity contribution in [2.24, 2.45) is 0 Å². The Bertz CT molecular complexity index is 464. The molecule has 0 aliphatic rings. The molecule has 1 aromatic carbocycles. The summed E-state index contributed by atoms with van der Waals surface area (Å²) in [7, 11) is 0. The summed E-state index contributed by atoms with van der Waals surface area (Å²) in [6, 6.07) is 3.77. The molecular formula is C10H11NOS2. The molecule has 2 N–H and O–H groups in total. The predicted molar refractivity (Wildman–Crippen MR) is 64.7 cm³/mol. The number of benzene rings is 1. The van der Waals surface area contributed by atoms with E-state index in [9.17, 15) is 0 Å². The molecule has 2 nitrogen and oxygen atoms in total. The average molecular weight is 225 g/mol. The Kier molecular flexibility index (Phi) is 2.56. The van der Waals surface area contributed by atoms with E-state index in [-0.39, 0.29) is 0 Å². The van der Waals surface area contributed by atoms with Crippen LogP contribution in [-0.2, 0) is 0 Å². The maximum absolute atomic E-state index is 5.87. The molecule has 0 saturated heterocycles. The number of ether oxygens (including phenoxy) is 1. The largest absolute Gasteiger partial charge is 0.492 e. The molecule has 0 aliphatic carbocycles. The average Bonchev–Trinajstić information content (AvgIpc) is 2.54. The van der Waals surface area contributed by atoms with E-state index in [0.29, 0.717) is 6.61 Å². The maximum atomic E-state index is 5.87. The van der Waals surface area contributed by atoms with Crippen LogP contribution in [0.1, 0.15) is 6.92 Å². The number of nitrogens with two attached hydrogens (primary N) is 1. The molecule has 1 heterocycles. The van der Waals surface area contributed by atoms with Crippen molar-refractivity contribution in [1.29, 1.82) is 0 Å². The van der Waals surface area contributed by atoms with Crippen LogP contribution in [0.4, 0.5) is 5.69 Å². The summed E-state index contributed by atoms with van der Waals surface area (Å²) in [5, 5.41) is 2.98. The van der Waals surface area contributed by atoms with Gasteiger partial charge in [0.1, 0.15) is 5.75 Å². The predicted octanol–water partition coefficient (Wildman–Crippen LogP) is 3.17. The Morgan fingerprint density at radius 3 is 3.00 bits per heavy atom. The Morgan fingerprint density at radius 1 is 1.50 bits per heavy atom. The van der Waals surface area contributed by atoms with Crippen LogP contribution in [0.15, 0.2) is 22.4 Å². The van der Waals surface area contributed by atoms with Crippen molar-refractivity contribution in [3.63, 3.8) is 0 Å². The smallest absolute Gasteiger partial charge is 0.137 e. The van der Waals surface area contributed by atoms with E-state index in [2.05, 4.69) is 12.6 Å². The van der Waals surface area contributed by atoms with Crippen molar-refractivity contribution in [2.45, 2.75) is 11.8 Å². The SMILES string of the molecule is CCOc1ccc(N)c2c(S)csc12. The molecule has 0 atom stereocenters. The van der Waals surface area contributed by atoms with Crippen molar-refractivity contribution < 1.29 is 4.74 Å². The lowest BCUT2D eigenvalue weighted by atomic mass is 10.2. The first kappa shape index (κ1) is 9.68. The van der Waals surface area contributed by atoms with Gasteiger partial charge in [0, 0.05) is 21.3 Å². The van der Waals surface area contributed by atoms with Gasteiger partial charge in [0.05, 0.1) is 11.3 Å². The lowest BCUT2D eigenvalue weighted by molar-refractivity contribution is 0.345. The van der Waals surface area contributed by atoms with Crippen LogP contribution < -0.4 is 10.5 Å². The highest BCUT2D eigenvalue weighted by molar-refractivity contribution is 7.80. The van der Waals surface area contributed by atoms with Crippen molar-refractivity contribution in [3.8, 4) is 5.75 Å². The zero-order chi connectivity index (χ0) is 10.1. The summed E-state index contributed by atoms with van der Waals surface area (Å²) in [6.45, 7) is 2.64. The van der Waals surface area contributed by atoms with Crippen LogP contribution in [-0.4, -0.2) is 6.61 Å². The fraction of sp³-hybridized carbons (Fsp3) is 0.200. The fourth-order valence-electron chi connectivity index (χ4n) is 1.40. The molecule has 0 fully saturated rings. The second kappa shape index (κ2) is 3.71. The highest BCUT2D eigenvalue weighted by Crippen LogP contribution is 2.39. The standard InChI is InChI=1S/C10H11NOS2/c1-2-12-7-4-3-6(11)9-8(13)5-14-10(7)9/h3-5,13H,2,11H2,1H3. The van der Waals surface area contributed by atoms with E-state index in [1.54, 1.807) is 11.3 Å². The second-order valence-corrected chi connectivity index (χ2v) is 4.27. The topological polar surface area (TPSA) is 35.2 Å². The van der Waals surface area contributed by atoms with Gasteiger partial charge in [-0.3, -0.25) is 0 Å². The first-order chi connectivity index (χ1) is 6.74. The summed E-state index contributed by atoms with van der Waals surface area (Å²) in [4.78, 5) is 0.920. The van der Waals surface area contributed by atoms with Crippen LogP contribution in [0.5, 0.6) is 5.75 Å². The van der Waals surface area contributed by atoms with Crippen molar-refractivity contribution in [2.75, 3.05) is 12.3 Å². The summed E-state index contributed by atoms with van der Waals surface area (Å²) in [5.74, 6) is 0.891. The minimum absolute atomic E-state index is 0.665. The molecule has 0 amide bonds. The lowest BCUT2D eigenvalue weighted by Crippen LogP contribution is -1.93. The van der Waals surface area contributed by atoms with E-state index < -0.39 is 0 Å². The monoisotopic (exact) mass is 225 g/mol. The van der Waals surface area contributed by atoms with Gasteiger partial charge < -0.3 is 10.5 Å². The number of thiol groups is 1. The van der Waals surface area contributed by atoms with Crippen molar-refractivity contribution in [1.82, 2.24) is 0 Å². The molecule has 2 aromatic rings. The zero-order valence-electron chi connectivity index (χ0n) is 7.78. The molecule has 0 radical (unpaired) electrons. The summed E-state index contributed by atoms with van der Waals surface area (Å²) >= 11 is 5.97. The van der Waals surface area contributed by atoms with Crippen molar-refractivity contribution >= 4 is 39.7 Å².